The minimum atomic E-state index is -3.53. The van der Waals surface area contributed by atoms with Crippen LogP contribution in [0.5, 0.6) is 0 Å². The molecule has 118 valence electrons. The largest absolute Gasteiger partial charge is 0.452 e. The Morgan fingerprint density at radius 3 is 2.71 bits per heavy atom. The van der Waals surface area contributed by atoms with Gasteiger partial charge in [0.25, 0.3) is 0 Å². The predicted molar refractivity (Wildman–Crippen MR) is 83.4 cm³/mol. The van der Waals surface area contributed by atoms with Gasteiger partial charge in [0.05, 0.1) is 6.54 Å². The maximum atomic E-state index is 12.4. The first-order valence-electron chi connectivity index (χ1n) is 7.48. The van der Waals surface area contributed by atoms with E-state index in [4.69, 9.17) is 4.42 Å². The molecule has 0 aromatic carbocycles. The van der Waals surface area contributed by atoms with Crippen LogP contribution in [0.3, 0.4) is 0 Å². The average molecular weight is 377 g/mol. The lowest BCUT2D eigenvalue weighted by Crippen LogP contribution is -2.32. The smallest absolute Gasteiger partial charge is 0.245 e. The quantitative estimate of drug-likeness (QED) is 0.731. The topological polar surface area (TPSA) is 71.3 Å². The summed E-state index contributed by atoms with van der Waals surface area (Å²) in [5.41, 5.74) is 0. The van der Waals surface area contributed by atoms with Gasteiger partial charge < -0.3 is 9.73 Å². The molecule has 7 heteroatoms. The van der Waals surface area contributed by atoms with E-state index in [9.17, 15) is 8.42 Å². The second kappa shape index (κ2) is 6.02. The van der Waals surface area contributed by atoms with Gasteiger partial charge in [-0.3, -0.25) is 0 Å². The molecule has 1 aromatic rings. The van der Waals surface area contributed by atoms with Crippen molar-refractivity contribution in [3.05, 3.63) is 16.5 Å². The number of halogens is 1. The molecular formula is C14H21BrN2O3S. The molecular weight excluding hydrogens is 356 g/mol. The van der Waals surface area contributed by atoms with Crippen molar-refractivity contribution in [3.8, 4) is 0 Å². The zero-order valence-corrected chi connectivity index (χ0v) is 14.5. The molecule has 2 aliphatic rings. The van der Waals surface area contributed by atoms with Gasteiger partial charge in [-0.15, -0.1) is 0 Å². The van der Waals surface area contributed by atoms with Crippen LogP contribution in [0.2, 0.25) is 0 Å². The van der Waals surface area contributed by atoms with E-state index in [-0.39, 0.29) is 15.6 Å². The summed E-state index contributed by atoms with van der Waals surface area (Å²) in [5.74, 6) is 1.33. The normalized spacial score (nSPS) is 20.7. The predicted octanol–water partition coefficient (Wildman–Crippen LogP) is 2.76. The fraction of sp³-hybridized carbons (Fsp3) is 0.714. The SMILES string of the molecule is CC(CC1CC1)NS(=O)(=O)c1cc(CNC2CC2)oc1Br. The second-order valence-electron chi connectivity index (χ2n) is 6.21. The van der Waals surface area contributed by atoms with Crippen LogP contribution < -0.4 is 10.0 Å². The van der Waals surface area contributed by atoms with Gasteiger partial charge in [-0.25, -0.2) is 13.1 Å². The van der Waals surface area contributed by atoms with Gasteiger partial charge in [0, 0.05) is 18.2 Å². The Bertz CT molecular complexity index is 606. The first kappa shape index (κ1) is 15.5. The number of hydrogen-bond donors (Lipinski definition) is 2. The van der Waals surface area contributed by atoms with Crippen molar-refractivity contribution in [1.29, 1.82) is 0 Å². The van der Waals surface area contributed by atoms with Crippen molar-refractivity contribution < 1.29 is 12.8 Å². The zero-order chi connectivity index (χ0) is 15.0. The minimum Gasteiger partial charge on any atom is -0.452 e. The summed E-state index contributed by atoms with van der Waals surface area (Å²) in [5, 5.41) is 3.31. The van der Waals surface area contributed by atoms with Crippen LogP contribution >= 0.6 is 15.9 Å². The molecule has 2 fully saturated rings. The summed E-state index contributed by atoms with van der Waals surface area (Å²) >= 11 is 3.22. The average Bonchev–Trinajstić information content (AvgIpc) is 3.28. The lowest BCUT2D eigenvalue weighted by Gasteiger charge is -2.12. The summed E-state index contributed by atoms with van der Waals surface area (Å²) in [6.07, 6.45) is 5.72. The van der Waals surface area contributed by atoms with E-state index in [1.807, 2.05) is 6.92 Å². The van der Waals surface area contributed by atoms with Gasteiger partial charge in [-0.1, -0.05) is 12.8 Å². The summed E-state index contributed by atoms with van der Waals surface area (Å²) in [6, 6.07) is 2.12. The summed E-state index contributed by atoms with van der Waals surface area (Å²) in [6.45, 7) is 2.48. The van der Waals surface area contributed by atoms with Crippen molar-refractivity contribution in [3.63, 3.8) is 0 Å². The molecule has 1 heterocycles. The maximum absolute atomic E-state index is 12.4. The number of hydrogen-bond acceptors (Lipinski definition) is 4. The van der Waals surface area contributed by atoms with Crippen LogP contribution in [0.25, 0.3) is 0 Å². The molecule has 0 aliphatic heterocycles. The van der Waals surface area contributed by atoms with Crippen molar-refractivity contribution >= 4 is 26.0 Å². The third-order valence-electron chi connectivity index (χ3n) is 3.88. The van der Waals surface area contributed by atoms with Crippen molar-refractivity contribution in [1.82, 2.24) is 10.0 Å². The van der Waals surface area contributed by atoms with E-state index >= 15 is 0 Å². The molecule has 0 radical (unpaired) electrons. The van der Waals surface area contributed by atoms with E-state index in [0.717, 1.165) is 6.42 Å². The highest BCUT2D eigenvalue weighted by Gasteiger charge is 2.29. The fourth-order valence-corrected chi connectivity index (χ4v) is 4.68. The van der Waals surface area contributed by atoms with Gasteiger partial charge in [0.15, 0.2) is 4.67 Å². The molecule has 5 nitrogen and oxygen atoms in total. The van der Waals surface area contributed by atoms with Crippen molar-refractivity contribution in [2.75, 3.05) is 0 Å². The Morgan fingerprint density at radius 1 is 1.38 bits per heavy atom. The molecule has 21 heavy (non-hydrogen) atoms. The Hall–Kier alpha value is -0.370. The molecule has 1 aromatic heterocycles. The third-order valence-corrected chi connectivity index (χ3v) is 6.32. The van der Waals surface area contributed by atoms with Gasteiger partial charge in [0.2, 0.25) is 10.0 Å². The second-order valence-corrected chi connectivity index (χ2v) is 8.61. The Kier molecular flexibility index (Phi) is 4.45. The van der Waals surface area contributed by atoms with Crippen molar-refractivity contribution in [2.45, 2.75) is 62.6 Å². The molecule has 3 rings (SSSR count). The number of furan rings is 1. The monoisotopic (exact) mass is 376 g/mol. The molecule has 2 saturated carbocycles. The highest BCUT2D eigenvalue weighted by molar-refractivity contribution is 9.10. The molecule has 1 atom stereocenters. The molecule has 2 N–H and O–H groups in total. The van der Waals surface area contributed by atoms with Gasteiger partial charge in [-0.2, -0.15) is 0 Å². The van der Waals surface area contributed by atoms with E-state index in [2.05, 4.69) is 26.0 Å². The number of nitrogens with one attached hydrogen (secondary N) is 2. The summed E-state index contributed by atoms with van der Waals surface area (Å²) < 4.78 is 33.3. The third kappa shape index (κ3) is 4.31. The number of rotatable bonds is 8. The van der Waals surface area contributed by atoms with Crippen LogP contribution in [-0.4, -0.2) is 20.5 Å². The minimum absolute atomic E-state index is 0.0441. The number of sulfonamides is 1. The van der Waals surface area contributed by atoms with Gasteiger partial charge in [-0.05, 0) is 48.0 Å². The Morgan fingerprint density at radius 2 is 2.10 bits per heavy atom. The van der Waals surface area contributed by atoms with Gasteiger partial charge in [0.1, 0.15) is 10.7 Å². The molecule has 2 aliphatic carbocycles. The molecule has 1 unspecified atom stereocenters. The lowest BCUT2D eigenvalue weighted by atomic mass is 10.2. The molecule has 0 amide bonds. The van der Waals surface area contributed by atoms with Gasteiger partial charge >= 0.3 is 0 Å². The first-order valence-corrected chi connectivity index (χ1v) is 9.75. The Balaban J connectivity index is 1.64. The first-order chi connectivity index (χ1) is 9.94. The van der Waals surface area contributed by atoms with Crippen LogP contribution in [0.4, 0.5) is 0 Å². The highest BCUT2D eigenvalue weighted by atomic mass is 79.9. The van der Waals surface area contributed by atoms with E-state index in [1.165, 1.54) is 25.7 Å². The Labute approximate surface area is 134 Å². The summed E-state index contributed by atoms with van der Waals surface area (Å²) in [7, 11) is -3.53. The van der Waals surface area contributed by atoms with Crippen LogP contribution in [0.15, 0.2) is 20.0 Å². The molecule has 0 bridgehead atoms. The summed E-state index contributed by atoms with van der Waals surface area (Å²) in [4.78, 5) is 0.192. The molecule has 0 spiro atoms. The van der Waals surface area contributed by atoms with Crippen LogP contribution in [-0.2, 0) is 16.6 Å². The highest BCUT2D eigenvalue weighted by Crippen LogP contribution is 2.34. The zero-order valence-electron chi connectivity index (χ0n) is 12.1. The lowest BCUT2D eigenvalue weighted by molar-refractivity contribution is 0.459. The van der Waals surface area contributed by atoms with E-state index < -0.39 is 10.0 Å². The van der Waals surface area contributed by atoms with E-state index in [1.54, 1.807) is 6.07 Å². The van der Waals surface area contributed by atoms with E-state index in [0.29, 0.717) is 24.3 Å². The van der Waals surface area contributed by atoms with Crippen LogP contribution in [0, 0.1) is 5.92 Å². The fourth-order valence-electron chi connectivity index (χ4n) is 2.43. The van der Waals surface area contributed by atoms with Crippen molar-refractivity contribution in [2.24, 2.45) is 5.92 Å². The van der Waals surface area contributed by atoms with Crippen LogP contribution in [0.1, 0.15) is 44.8 Å². The molecule has 0 saturated heterocycles. The maximum Gasteiger partial charge on any atom is 0.245 e. The standard InChI is InChI=1S/C14H21BrN2O3S/c1-9(6-10-2-3-10)17-21(18,19)13-7-12(20-14(13)15)8-16-11-4-5-11/h7,9-11,16-17H,2-6,8H2,1H3.